The van der Waals surface area contributed by atoms with E-state index in [9.17, 15) is 4.79 Å². The molecule has 2 aromatic heterocycles. The van der Waals surface area contributed by atoms with Gasteiger partial charge in [0.1, 0.15) is 6.07 Å². The Hall–Kier alpha value is -3.04. The highest BCUT2D eigenvalue weighted by Crippen LogP contribution is 2.32. The second kappa shape index (κ2) is 8.37. The molecule has 1 aromatic carbocycles. The number of carbonyl (C=O) groups excluding carboxylic acids is 1. The zero-order chi connectivity index (χ0) is 18.4. The lowest BCUT2D eigenvalue weighted by Crippen LogP contribution is -2.19. The van der Waals surface area contributed by atoms with Gasteiger partial charge in [-0.1, -0.05) is 24.3 Å². The van der Waals surface area contributed by atoms with Gasteiger partial charge < -0.3 is 15.0 Å². The molecule has 0 saturated heterocycles. The number of rotatable bonds is 7. The van der Waals surface area contributed by atoms with Gasteiger partial charge in [-0.25, -0.2) is 4.79 Å². The number of H-pyrrole nitrogens is 1. The van der Waals surface area contributed by atoms with Crippen LogP contribution in [-0.2, 0) is 9.53 Å². The summed E-state index contributed by atoms with van der Waals surface area (Å²) in [5.74, 6) is -0.508. The molecular formula is C20H19N3O2S. The van der Waals surface area contributed by atoms with Crippen molar-refractivity contribution in [2.45, 2.75) is 12.8 Å². The molecule has 0 aliphatic rings. The minimum atomic E-state index is -0.609. The smallest absolute Gasteiger partial charge is 0.350 e. The monoisotopic (exact) mass is 365 g/mol. The number of thiophene rings is 1. The van der Waals surface area contributed by atoms with Gasteiger partial charge in [0.05, 0.1) is 6.61 Å². The molecule has 132 valence electrons. The maximum absolute atomic E-state index is 11.7. The zero-order valence-corrected chi connectivity index (χ0v) is 15.2. The van der Waals surface area contributed by atoms with Gasteiger partial charge in [-0.3, -0.25) is 0 Å². The van der Waals surface area contributed by atoms with Gasteiger partial charge in [-0.05, 0) is 30.0 Å². The summed E-state index contributed by atoms with van der Waals surface area (Å²) in [7, 11) is 0. The third kappa shape index (κ3) is 3.79. The number of nitrogens with zero attached hydrogens (tertiary/aromatic N) is 1. The van der Waals surface area contributed by atoms with Crippen LogP contribution in [0.2, 0.25) is 0 Å². The number of aromatic amines is 1. The fourth-order valence-corrected chi connectivity index (χ4v) is 3.71. The number of aromatic nitrogens is 1. The fraction of sp³-hybridized carbons (Fsp3) is 0.200. The highest BCUT2D eigenvalue weighted by molar-refractivity contribution is 7.10. The number of nitrogens with one attached hydrogen (secondary N) is 2. The van der Waals surface area contributed by atoms with Crippen molar-refractivity contribution in [2.24, 2.45) is 0 Å². The van der Waals surface area contributed by atoms with Crippen molar-refractivity contribution in [3.05, 3.63) is 70.2 Å². The molecular weight excluding hydrogens is 346 g/mol. The van der Waals surface area contributed by atoms with Crippen molar-refractivity contribution < 1.29 is 9.53 Å². The molecule has 2 N–H and O–H groups in total. The summed E-state index contributed by atoms with van der Waals surface area (Å²) in [5, 5.41) is 15.5. The predicted octanol–water partition coefficient (Wildman–Crippen LogP) is 3.92. The second-order valence-electron chi connectivity index (χ2n) is 5.66. The largest absolute Gasteiger partial charge is 0.462 e. The van der Waals surface area contributed by atoms with E-state index in [4.69, 9.17) is 10.00 Å². The maximum atomic E-state index is 11.7. The van der Waals surface area contributed by atoms with Crippen LogP contribution >= 0.6 is 11.3 Å². The third-order valence-corrected chi connectivity index (χ3v) is 5.05. The molecule has 0 amide bonds. The Morgan fingerprint density at radius 3 is 2.96 bits per heavy atom. The molecule has 6 heteroatoms. The number of nitriles is 1. The van der Waals surface area contributed by atoms with E-state index < -0.39 is 5.97 Å². The van der Waals surface area contributed by atoms with Crippen molar-refractivity contribution in [3.8, 4) is 6.07 Å². The van der Waals surface area contributed by atoms with E-state index >= 15 is 0 Å². The Labute approximate surface area is 155 Å². The first kappa shape index (κ1) is 17.8. The standard InChI is InChI=1S/C20H19N3O2S/c1-2-25-20(24)14(10-21)11-22-12-17(19-8-5-9-26-19)16-13-23-18-7-4-3-6-15(16)18/h3-9,11,13,17,22-23H,2,12H2,1H3. The number of esters is 1. The molecule has 0 spiro atoms. The molecule has 26 heavy (non-hydrogen) atoms. The van der Waals surface area contributed by atoms with Crippen LogP contribution in [0, 0.1) is 11.3 Å². The summed E-state index contributed by atoms with van der Waals surface area (Å²) in [5.41, 5.74) is 2.23. The molecule has 0 fully saturated rings. The molecule has 3 rings (SSSR count). The Bertz CT molecular complexity index is 951. The lowest BCUT2D eigenvalue weighted by molar-refractivity contribution is -0.138. The Kier molecular flexibility index (Phi) is 5.72. The summed E-state index contributed by atoms with van der Waals surface area (Å²) in [4.78, 5) is 16.3. The molecule has 3 aromatic rings. The van der Waals surface area contributed by atoms with E-state index in [0.717, 1.165) is 5.52 Å². The summed E-state index contributed by atoms with van der Waals surface area (Å²) < 4.78 is 4.88. The van der Waals surface area contributed by atoms with E-state index in [1.54, 1.807) is 18.3 Å². The van der Waals surface area contributed by atoms with E-state index in [2.05, 4.69) is 22.4 Å². The number of hydrogen-bond acceptors (Lipinski definition) is 5. The van der Waals surface area contributed by atoms with Crippen LogP contribution in [0.4, 0.5) is 0 Å². The van der Waals surface area contributed by atoms with E-state index in [-0.39, 0.29) is 18.1 Å². The molecule has 5 nitrogen and oxygen atoms in total. The van der Waals surface area contributed by atoms with Crippen LogP contribution in [0.25, 0.3) is 10.9 Å². The highest BCUT2D eigenvalue weighted by Gasteiger charge is 2.19. The summed E-state index contributed by atoms with van der Waals surface area (Å²) in [6.45, 7) is 2.52. The van der Waals surface area contributed by atoms with Gasteiger partial charge >= 0.3 is 5.97 Å². The topological polar surface area (TPSA) is 77.9 Å². The fourth-order valence-electron chi connectivity index (χ4n) is 2.86. The number of hydrogen-bond donors (Lipinski definition) is 2. The lowest BCUT2D eigenvalue weighted by Gasteiger charge is -2.15. The minimum absolute atomic E-state index is 0.0318. The summed E-state index contributed by atoms with van der Waals surface area (Å²) in [6, 6.07) is 14.2. The van der Waals surface area contributed by atoms with E-state index in [0.29, 0.717) is 6.54 Å². The SMILES string of the molecule is CCOC(=O)C(C#N)=CNCC(c1cccs1)c1c[nH]c2ccccc12. The van der Waals surface area contributed by atoms with Crippen molar-refractivity contribution in [3.63, 3.8) is 0 Å². The number of benzene rings is 1. The summed E-state index contributed by atoms with van der Waals surface area (Å²) in [6.07, 6.45) is 3.46. The van der Waals surface area contributed by atoms with E-state index in [1.165, 1.54) is 22.0 Å². The second-order valence-corrected chi connectivity index (χ2v) is 6.64. The van der Waals surface area contributed by atoms with Crippen LogP contribution in [0.3, 0.4) is 0 Å². The van der Waals surface area contributed by atoms with Crippen molar-refractivity contribution >= 4 is 28.2 Å². The van der Waals surface area contributed by atoms with Crippen LogP contribution in [0.5, 0.6) is 0 Å². The van der Waals surface area contributed by atoms with Gasteiger partial charge in [0.2, 0.25) is 0 Å². The van der Waals surface area contributed by atoms with Crippen molar-refractivity contribution in [1.29, 1.82) is 5.26 Å². The minimum Gasteiger partial charge on any atom is -0.462 e. The average Bonchev–Trinajstić information content (AvgIpc) is 3.32. The molecule has 1 atom stereocenters. The lowest BCUT2D eigenvalue weighted by atomic mass is 9.97. The Morgan fingerprint density at radius 2 is 2.23 bits per heavy atom. The molecule has 0 radical (unpaired) electrons. The number of carbonyl (C=O) groups is 1. The maximum Gasteiger partial charge on any atom is 0.350 e. The van der Waals surface area contributed by atoms with Crippen LogP contribution < -0.4 is 5.32 Å². The predicted molar refractivity (Wildman–Crippen MR) is 103 cm³/mol. The molecule has 0 bridgehead atoms. The third-order valence-electron chi connectivity index (χ3n) is 4.07. The van der Waals surface area contributed by atoms with Crippen LogP contribution in [0.1, 0.15) is 23.3 Å². The van der Waals surface area contributed by atoms with Gasteiger partial charge in [-0.15, -0.1) is 11.3 Å². The number of fused-ring (bicyclic) bond motifs is 1. The number of ether oxygens (including phenoxy) is 1. The molecule has 0 aliphatic carbocycles. The van der Waals surface area contributed by atoms with Crippen molar-refractivity contribution in [2.75, 3.05) is 13.2 Å². The van der Waals surface area contributed by atoms with Crippen molar-refractivity contribution in [1.82, 2.24) is 10.3 Å². The first-order valence-corrected chi connectivity index (χ1v) is 9.22. The highest BCUT2D eigenvalue weighted by atomic mass is 32.1. The number of para-hydroxylation sites is 1. The molecule has 2 heterocycles. The van der Waals surface area contributed by atoms with E-state index in [1.807, 2.05) is 41.9 Å². The van der Waals surface area contributed by atoms with Gasteiger partial charge in [0, 0.05) is 40.6 Å². The molecule has 0 saturated carbocycles. The quantitative estimate of drug-likeness (QED) is 0.378. The summed E-state index contributed by atoms with van der Waals surface area (Å²) >= 11 is 1.69. The molecule has 0 aliphatic heterocycles. The average molecular weight is 365 g/mol. The first-order chi connectivity index (χ1) is 12.7. The Balaban J connectivity index is 1.85. The van der Waals surface area contributed by atoms with Gasteiger partial charge in [-0.2, -0.15) is 5.26 Å². The zero-order valence-electron chi connectivity index (χ0n) is 14.4. The van der Waals surface area contributed by atoms with Gasteiger partial charge in [0.15, 0.2) is 5.57 Å². The molecule has 1 unspecified atom stereocenters. The first-order valence-electron chi connectivity index (χ1n) is 8.34. The van der Waals surface area contributed by atoms with Crippen LogP contribution in [0.15, 0.2) is 59.7 Å². The Morgan fingerprint density at radius 1 is 1.38 bits per heavy atom. The normalized spacial score (nSPS) is 12.5. The van der Waals surface area contributed by atoms with Crippen LogP contribution in [-0.4, -0.2) is 24.1 Å². The van der Waals surface area contributed by atoms with Gasteiger partial charge in [0.25, 0.3) is 0 Å².